The first kappa shape index (κ1) is 24.3. The number of carbonyl (C=O) groups is 1. The van der Waals surface area contributed by atoms with Crippen LogP contribution in [0.25, 0.3) is 10.9 Å². The zero-order valence-corrected chi connectivity index (χ0v) is 20.5. The standard InChI is InChI=1S/C25H31N5O5/c1-30-9-7-16(8-10-30)14-35-23-13-20-18(12-22(23)34-4)24(27-15-26-20)29-25(31)28-19-6-5-17(32-2)11-21(19)33-3/h5-6,11-13,15-16H,7-10,14H2,1-4H3,(H2,26,27,28,29,31). The van der Waals surface area contributed by atoms with Gasteiger partial charge in [0.1, 0.15) is 23.6 Å². The number of rotatable bonds is 8. The van der Waals surface area contributed by atoms with Gasteiger partial charge in [-0.3, -0.25) is 5.32 Å². The molecule has 186 valence electrons. The quantitative estimate of drug-likeness (QED) is 0.497. The van der Waals surface area contributed by atoms with Crippen molar-refractivity contribution in [2.75, 3.05) is 58.7 Å². The van der Waals surface area contributed by atoms with Gasteiger partial charge in [-0.2, -0.15) is 0 Å². The summed E-state index contributed by atoms with van der Waals surface area (Å²) in [5.41, 5.74) is 1.13. The van der Waals surface area contributed by atoms with Crippen LogP contribution in [0.15, 0.2) is 36.7 Å². The molecule has 1 aliphatic rings. The number of carbonyl (C=O) groups excluding carboxylic acids is 1. The van der Waals surface area contributed by atoms with E-state index in [9.17, 15) is 4.79 Å². The lowest BCUT2D eigenvalue weighted by atomic mass is 9.98. The number of fused-ring (bicyclic) bond motifs is 1. The van der Waals surface area contributed by atoms with Gasteiger partial charge < -0.3 is 29.2 Å². The molecule has 0 spiro atoms. The smallest absolute Gasteiger partial charge is 0.324 e. The lowest BCUT2D eigenvalue weighted by molar-refractivity contribution is 0.157. The molecular weight excluding hydrogens is 450 g/mol. The van der Waals surface area contributed by atoms with E-state index < -0.39 is 6.03 Å². The highest BCUT2D eigenvalue weighted by Crippen LogP contribution is 2.35. The number of nitrogens with one attached hydrogen (secondary N) is 2. The van der Waals surface area contributed by atoms with Crippen molar-refractivity contribution in [1.82, 2.24) is 14.9 Å². The third-order valence-electron chi connectivity index (χ3n) is 6.12. The minimum absolute atomic E-state index is 0.347. The highest BCUT2D eigenvalue weighted by atomic mass is 16.5. The van der Waals surface area contributed by atoms with Crippen LogP contribution in [-0.4, -0.2) is 69.0 Å². The summed E-state index contributed by atoms with van der Waals surface area (Å²) in [7, 11) is 6.81. The summed E-state index contributed by atoms with van der Waals surface area (Å²) >= 11 is 0. The highest BCUT2D eigenvalue weighted by Gasteiger charge is 2.19. The fourth-order valence-corrected chi connectivity index (χ4v) is 4.04. The first-order chi connectivity index (χ1) is 17.0. The Morgan fingerprint density at radius 1 is 0.971 bits per heavy atom. The molecule has 2 heterocycles. The third kappa shape index (κ3) is 5.83. The number of hydrogen-bond donors (Lipinski definition) is 2. The molecule has 1 aromatic heterocycles. The summed E-state index contributed by atoms with van der Waals surface area (Å²) in [6.07, 6.45) is 3.62. The second kappa shape index (κ2) is 11.1. The molecule has 0 saturated carbocycles. The molecule has 1 saturated heterocycles. The molecule has 0 aliphatic carbocycles. The van der Waals surface area contributed by atoms with Gasteiger partial charge in [0.25, 0.3) is 0 Å². The lowest BCUT2D eigenvalue weighted by Crippen LogP contribution is -2.32. The Balaban J connectivity index is 1.50. The van der Waals surface area contributed by atoms with Crippen LogP contribution < -0.4 is 29.6 Å². The molecule has 0 unspecified atom stereocenters. The maximum Gasteiger partial charge on any atom is 0.324 e. The molecule has 4 rings (SSSR count). The number of nitrogens with zero attached hydrogens (tertiary/aromatic N) is 3. The third-order valence-corrected chi connectivity index (χ3v) is 6.12. The Morgan fingerprint density at radius 2 is 1.74 bits per heavy atom. The van der Waals surface area contributed by atoms with Gasteiger partial charge >= 0.3 is 6.03 Å². The number of aromatic nitrogens is 2. The van der Waals surface area contributed by atoms with E-state index in [1.54, 1.807) is 38.5 Å². The fourth-order valence-electron chi connectivity index (χ4n) is 4.04. The van der Waals surface area contributed by atoms with Crippen molar-refractivity contribution in [3.05, 3.63) is 36.7 Å². The zero-order valence-electron chi connectivity index (χ0n) is 20.5. The van der Waals surface area contributed by atoms with Crippen molar-refractivity contribution < 1.29 is 23.7 Å². The number of hydrogen-bond acceptors (Lipinski definition) is 8. The van der Waals surface area contributed by atoms with Crippen LogP contribution in [0.4, 0.5) is 16.3 Å². The van der Waals surface area contributed by atoms with E-state index in [0.29, 0.717) is 57.9 Å². The number of anilines is 2. The Hall–Kier alpha value is -3.79. The van der Waals surface area contributed by atoms with Crippen LogP contribution in [-0.2, 0) is 0 Å². The van der Waals surface area contributed by atoms with Gasteiger partial charge in [0.15, 0.2) is 11.5 Å². The molecule has 2 aromatic carbocycles. The molecule has 1 fully saturated rings. The maximum atomic E-state index is 12.7. The second-order valence-corrected chi connectivity index (χ2v) is 8.45. The summed E-state index contributed by atoms with van der Waals surface area (Å²) in [6, 6.07) is 8.24. The Kier molecular flexibility index (Phi) is 7.71. The molecule has 3 aromatic rings. The van der Waals surface area contributed by atoms with Crippen molar-refractivity contribution in [3.63, 3.8) is 0 Å². The minimum atomic E-state index is -0.477. The first-order valence-corrected chi connectivity index (χ1v) is 11.4. The molecule has 10 heteroatoms. The van der Waals surface area contributed by atoms with E-state index in [2.05, 4.69) is 32.5 Å². The predicted molar refractivity (Wildman–Crippen MR) is 134 cm³/mol. The summed E-state index contributed by atoms with van der Waals surface area (Å²) in [5.74, 6) is 3.13. The van der Waals surface area contributed by atoms with Gasteiger partial charge in [-0.05, 0) is 57.1 Å². The Morgan fingerprint density at radius 3 is 2.46 bits per heavy atom. The van der Waals surface area contributed by atoms with Crippen molar-refractivity contribution >= 4 is 28.4 Å². The normalized spacial score (nSPS) is 14.4. The first-order valence-electron chi connectivity index (χ1n) is 11.4. The van der Waals surface area contributed by atoms with Gasteiger partial charge in [0.05, 0.1) is 39.1 Å². The molecule has 2 N–H and O–H groups in total. The molecule has 1 aliphatic heterocycles. The zero-order chi connectivity index (χ0) is 24.8. The summed E-state index contributed by atoms with van der Waals surface area (Å²) in [4.78, 5) is 23.7. The summed E-state index contributed by atoms with van der Waals surface area (Å²) < 4.78 is 22.2. The number of likely N-dealkylation sites (tertiary alicyclic amines) is 1. The lowest BCUT2D eigenvalue weighted by Gasteiger charge is -2.28. The van der Waals surface area contributed by atoms with E-state index in [-0.39, 0.29) is 0 Å². The number of benzene rings is 2. The van der Waals surface area contributed by atoms with Crippen molar-refractivity contribution in [3.8, 4) is 23.0 Å². The van der Waals surface area contributed by atoms with E-state index in [4.69, 9.17) is 18.9 Å². The van der Waals surface area contributed by atoms with Gasteiger partial charge in [-0.1, -0.05) is 0 Å². The van der Waals surface area contributed by atoms with Crippen LogP contribution in [0.1, 0.15) is 12.8 Å². The number of ether oxygens (including phenoxy) is 4. The highest BCUT2D eigenvalue weighted by molar-refractivity contribution is 6.05. The topological polar surface area (TPSA) is 107 Å². The molecule has 0 bridgehead atoms. The van der Waals surface area contributed by atoms with Crippen molar-refractivity contribution in [2.45, 2.75) is 12.8 Å². The number of piperidine rings is 1. The molecule has 35 heavy (non-hydrogen) atoms. The van der Waals surface area contributed by atoms with Crippen LogP contribution in [0.2, 0.25) is 0 Å². The molecular formula is C25H31N5O5. The molecule has 0 radical (unpaired) electrons. The number of amides is 2. The molecule has 2 amide bonds. The van der Waals surface area contributed by atoms with Crippen molar-refractivity contribution in [2.24, 2.45) is 5.92 Å². The van der Waals surface area contributed by atoms with E-state index in [1.807, 2.05) is 6.07 Å². The average molecular weight is 482 g/mol. The maximum absolute atomic E-state index is 12.7. The van der Waals surface area contributed by atoms with E-state index >= 15 is 0 Å². The second-order valence-electron chi connectivity index (χ2n) is 8.45. The SMILES string of the molecule is COc1ccc(NC(=O)Nc2ncnc3cc(OCC4CCN(C)CC4)c(OC)cc23)c(OC)c1. The van der Waals surface area contributed by atoms with Crippen LogP contribution in [0.5, 0.6) is 23.0 Å². The Labute approximate surface area is 204 Å². The van der Waals surface area contributed by atoms with Crippen molar-refractivity contribution in [1.29, 1.82) is 0 Å². The minimum Gasteiger partial charge on any atom is -0.497 e. The van der Waals surface area contributed by atoms with Gasteiger partial charge in [0.2, 0.25) is 0 Å². The predicted octanol–water partition coefficient (Wildman–Crippen LogP) is 4.02. The monoisotopic (exact) mass is 481 g/mol. The average Bonchev–Trinajstić information content (AvgIpc) is 2.88. The fraction of sp³-hybridized carbons (Fsp3) is 0.400. The number of urea groups is 1. The molecule has 10 nitrogen and oxygen atoms in total. The van der Waals surface area contributed by atoms with Crippen LogP contribution in [0, 0.1) is 5.92 Å². The van der Waals surface area contributed by atoms with Crippen LogP contribution >= 0.6 is 0 Å². The summed E-state index contributed by atoms with van der Waals surface area (Å²) in [6.45, 7) is 2.78. The number of methoxy groups -OCH3 is 3. The summed E-state index contributed by atoms with van der Waals surface area (Å²) in [5, 5.41) is 6.19. The van der Waals surface area contributed by atoms with Gasteiger partial charge in [0, 0.05) is 17.5 Å². The van der Waals surface area contributed by atoms with Gasteiger partial charge in [-0.15, -0.1) is 0 Å². The van der Waals surface area contributed by atoms with Gasteiger partial charge in [-0.25, -0.2) is 14.8 Å². The Bertz CT molecular complexity index is 1180. The molecule has 0 atom stereocenters. The van der Waals surface area contributed by atoms with E-state index in [1.165, 1.54) is 13.4 Å². The van der Waals surface area contributed by atoms with Crippen LogP contribution in [0.3, 0.4) is 0 Å². The van der Waals surface area contributed by atoms with E-state index in [0.717, 1.165) is 25.9 Å². The largest absolute Gasteiger partial charge is 0.497 e.